The number of nitrogens with one attached hydrogen (secondary N) is 2. The van der Waals surface area contributed by atoms with Gasteiger partial charge in [0, 0.05) is 43.7 Å². The van der Waals surface area contributed by atoms with Gasteiger partial charge in [-0.25, -0.2) is 4.98 Å². The van der Waals surface area contributed by atoms with Crippen LogP contribution in [0.1, 0.15) is 44.2 Å². The second-order valence-corrected chi connectivity index (χ2v) is 7.53. The Hall–Kier alpha value is -2.63. The molecule has 1 saturated carbocycles. The van der Waals surface area contributed by atoms with E-state index >= 15 is 0 Å². The van der Waals surface area contributed by atoms with Crippen LogP contribution in [0, 0.1) is 12.8 Å². The van der Waals surface area contributed by atoms with Crippen molar-refractivity contribution in [3.63, 3.8) is 0 Å². The SMILES string of the molecule is Cc1cc(N(C)C)nc(Nc2ccc(NC(=O)CCC3CCCC3)cc2)n1. The summed E-state index contributed by atoms with van der Waals surface area (Å²) < 4.78 is 0. The molecule has 2 aromatic rings. The Balaban J connectivity index is 1.54. The number of amides is 1. The minimum Gasteiger partial charge on any atom is -0.363 e. The summed E-state index contributed by atoms with van der Waals surface area (Å²) in [6.07, 6.45) is 6.82. The molecule has 27 heavy (non-hydrogen) atoms. The molecule has 1 aliphatic carbocycles. The lowest BCUT2D eigenvalue weighted by Crippen LogP contribution is -2.13. The van der Waals surface area contributed by atoms with E-state index in [9.17, 15) is 4.79 Å². The summed E-state index contributed by atoms with van der Waals surface area (Å²) >= 11 is 0. The first kappa shape index (κ1) is 19.1. The minimum absolute atomic E-state index is 0.0975. The fourth-order valence-corrected chi connectivity index (χ4v) is 3.46. The van der Waals surface area contributed by atoms with E-state index in [0.717, 1.165) is 35.2 Å². The first-order valence-corrected chi connectivity index (χ1v) is 9.69. The van der Waals surface area contributed by atoms with Crippen LogP contribution in [0.5, 0.6) is 0 Å². The molecule has 2 N–H and O–H groups in total. The molecule has 0 atom stereocenters. The summed E-state index contributed by atoms with van der Waals surface area (Å²) in [5.41, 5.74) is 2.60. The number of carbonyl (C=O) groups is 1. The average molecular weight is 367 g/mol. The molecule has 0 unspecified atom stereocenters. The lowest BCUT2D eigenvalue weighted by atomic mass is 10.0. The van der Waals surface area contributed by atoms with Gasteiger partial charge in [-0.1, -0.05) is 25.7 Å². The number of carbonyl (C=O) groups excluding carboxylic acids is 1. The van der Waals surface area contributed by atoms with Crippen molar-refractivity contribution >= 4 is 29.0 Å². The molecule has 6 heteroatoms. The molecule has 144 valence electrons. The molecule has 1 amide bonds. The zero-order chi connectivity index (χ0) is 19.2. The number of anilines is 4. The molecule has 0 radical (unpaired) electrons. The van der Waals surface area contributed by atoms with Crippen LogP contribution in [0.25, 0.3) is 0 Å². The van der Waals surface area contributed by atoms with Gasteiger partial charge in [-0.05, 0) is 43.5 Å². The standard InChI is InChI=1S/C21H29N5O/c1-15-14-19(26(2)3)25-21(22-15)24-18-11-9-17(10-12-18)23-20(27)13-8-16-6-4-5-7-16/h9-12,14,16H,4-8,13H2,1-3H3,(H,23,27)(H,22,24,25). The topological polar surface area (TPSA) is 70.2 Å². The zero-order valence-corrected chi connectivity index (χ0v) is 16.5. The molecule has 0 saturated heterocycles. The Morgan fingerprint density at radius 3 is 2.44 bits per heavy atom. The molecule has 1 heterocycles. The highest BCUT2D eigenvalue weighted by atomic mass is 16.1. The van der Waals surface area contributed by atoms with E-state index in [1.807, 2.05) is 56.3 Å². The fraction of sp³-hybridized carbons (Fsp3) is 0.476. The van der Waals surface area contributed by atoms with E-state index in [2.05, 4.69) is 20.6 Å². The van der Waals surface area contributed by atoms with Gasteiger partial charge in [0.25, 0.3) is 0 Å². The molecule has 0 spiro atoms. The summed E-state index contributed by atoms with van der Waals surface area (Å²) in [6, 6.07) is 9.59. The Morgan fingerprint density at radius 2 is 1.78 bits per heavy atom. The van der Waals surface area contributed by atoms with E-state index in [4.69, 9.17) is 0 Å². The van der Waals surface area contributed by atoms with Crippen LogP contribution >= 0.6 is 0 Å². The number of aromatic nitrogens is 2. The van der Waals surface area contributed by atoms with Gasteiger partial charge < -0.3 is 15.5 Å². The molecule has 1 aromatic carbocycles. The number of aryl methyl sites for hydroxylation is 1. The van der Waals surface area contributed by atoms with Gasteiger partial charge in [0.1, 0.15) is 5.82 Å². The number of rotatable bonds is 7. The maximum Gasteiger partial charge on any atom is 0.229 e. The minimum atomic E-state index is 0.0975. The predicted molar refractivity (Wildman–Crippen MR) is 111 cm³/mol. The van der Waals surface area contributed by atoms with Crippen molar-refractivity contribution in [2.75, 3.05) is 29.6 Å². The van der Waals surface area contributed by atoms with E-state index in [-0.39, 0.29) is 5.91 Å². The third-order valence-corrected chi connectivity index (χ3v) is 4.98. The van der Waals surface area contributed by atoms with Crippen LogP contribution < -0.4 is 15.5 Å². The maximum absolute atomic E-state index is 12.1. The van der Waals surface area contributed by atoms with Crippen LogP contribution in [0.3, 0.4) is 0 Å². The Morgan fingerprint density at radius 1 is 1.11 bits per heavy atom. The van der Waals surface area contributed by atoms with Gasteiger partial charge in [0.05, 0.1) is 0 Å². The predicted octanol–water partition coefficient (Wildman–Crippen LogP) is 4.50. The van der Waals surface area contributed by atoms with Gasteiger partial charge >= 0.3 is 0 Å². The number of nitrogens with zero attached hydrogens (tertiary/aromatic N) is 3. The zero-order valence-electron chi connectivity index (χ0n) is 16.5. The average Bonchev–Trinajstić information content (AvgIpc) is 3.15. The number of benzene rings is 1. The third-order valence-electron chi connectivity index (χ3n) is 4.98. The van der Waals surface area contributed by atoms with Crippen molar-refractivity contribution in [2.45, 2.75) is 45.4 Å². The quantitative estimate of drug-likeness (QED) is 0.754. The highest BCUT2D eigenvalue weighted by Gasteiger charge is 2.16. The molecular weight excluding hydrogens is 338 g/mol. The third kappa shape index (κ3) is 5.67. The summed E-state index contributed by atoms with van der Waals surface area (Å²) in [5, 5.41) is 6.21. The van der Waals surface area contributed by atoms with Crippen LogP contribution in [0.15, 0.2) is 30.3 Å². The van der Waals surface area contributed by atoms with E-state index in [0.29, 0.717) is 12.4 Å². The second kappa shape index (κ2) is 8.84. The Kier molecular flexibility index (Phi) is 6.27. The van der Waals surface area contributed by atoms with Crippen molar-refractivity contribution in [1.82, 2.24) is 9.97 Å². The van der Waals surface area contributed by atoms with Gasteiger partial charge in [0.2, 0.25) is 11.9 Å². The fourth-order valence-electron chi connectivity index (χ4n) is 3.46. The molecule has 6 nitrogen and oxygen atoms in total. The van der Waals surface area contributed by atoms with E-state index < -0.39 is 0 Å². The normalized spacial score (nSPS) is 14.2. The lowest BCUT2D eigenvalue weighted by molar-refractivity contribution is -0.116. The van der Waals surface area contributed by atoms with E-state index in [1.165, 1.54) is 25.7 Å². The number of hydrogen-bond acceptors (Lipinski definition) is 5. The first-order valence-electron chi connectivity index (χ1n) is 9.69. The highest BCUT2D eigenvalue weighted by molar-refractivity contribution is 5.90. The van der Waals surface area contributed by atoms with Crippen LogP contribution in [0.2, 0.25) is 0 Å². The van der Waals surface area contributed by atoms with Gasteiger partial charge in [-0.2, -0.15) is 4.98 Å². The summed E-state index contributed by atoms with van der Waals surface area (Å²) in [7, 11) is 3.91. The van der Waals surface area contributed by atoms with Crippen LogP contribution in [-0.2, 0) is 4.79 Å². The van der Waals surface area contributed by atoms with Gasteiger partial charge in [0.15, 0.2) is 0 Å². The van der Waals surface area contributed by atoms with Crippen molar-refractivity contribution in [1.29, 1.82) is 0 Å². The smallest absolute Gasteiger partial charge is 0.229 e. The second-order valence-electron chi connectivity index (χ2n) is 7.53. The van der Waals surface area contributed by atoms with Gasteiger partial charge in [-0.3, -0.25) is 4.79 Å². The van der Waals surface area contributed by atoms with Gasteiger partial charge in [-0.15, -0.1) is 0 Å². The van der Waals surface area contributed by atoms with Crippen molar-refractivity contribution < 1.29 is 4.79 Å². The largest absolute Gasteiger partial charge is 0.363 e. The Labute approximate surface area is 161 Å². The molecular formula is C21H29N5O. The van der Waals surface area contributed by atoms with Crippen LogP contribution in [-0.4, -0.2) is 30.0 Å². The monoisotopic (exact) mass is 367 g/mol. The highest BCUT2D eigenvalue weighted by Crippen LogP contribution is 2.28. The summed E-state index contributed by atoms with van der Waals surface area (Å²) in [5.74, 6) is 2.26. The molecule has 1 aliphatic rings. The lowest BCUT2D eigenvalue weighted by Gasteiger charge is -2.14. The summed E-state index contributed by atoms with van der Waals surface area (Å²) in [6.45, 7) is 1.95. The molecule has 0 aliphatic heterocycles. The number of hydrogen-bond donors (Lipinski definition) is 2. The summed E-state index contributed by atoms with van der Waals surface area (Å²) in [4.78, 5) is 23.0. The molecule has 3 rings (SSSR count). The van der Waals surface area contributed by atoms with Crippen molar-refractivity contribution in [3.05, 3.63) is 36.0 Å². The first-order chi connectivity index (χ1) is 13.0. The molecule has 0 bridgehead atoms. The van der Waals surface area contributed by atoms with E-state index in [1.54, 1.807) is 0 Å². The molecule has 1 fully saturated rings. The molecule has 1 aromatic heterocycles. The van der Waals surface area contributed by atoms with Crippen LogP contribution in [0.4, 0.5) is 23.1 Å². The Bertz CT molecular complexity index is 767. The van der Waals surface area contributed by atoms with Crippen molar-refractivity contribution in [2.24, 2.45) is 5.92 Å². The maximum atomic E-state index is 12.1. The van der Waals surface area contributed by atoms with Crippen molar-refractivity contribution in [3.8, 4) is 0 Å².